The third-order valence-corrected chi connectivity index (χ3v) is 3.06. The molecule has 1 aromatic carbocycles. The molecule has 0 aromatic heterocycles. The highest BCUT2D eigenvalue weighted by molar-refractivity contribution is 5.79. The van der Waals surface area contributed by atoms with Crippen molar-refractivity contribution in [2.75, 3.05) is 13.2 Å². The molecule has 4 heteroatoms. The van der Waals surface area contributed by atoms with E-state index in [4.69, 9.17) is 10.5 Å². The molecular formula is C13H18N2O2. The molecule has 0 spiro atoms. The van der Waals surface area contributed by atoms with Crippen LogP contribution in [0, 0.1) is 5.92 Å². The average Bonchev–Trinajstić information content (AvgIpc) is 2.73. The van der Waals surface area contributed by atoms with Crippen LogP contribution in [-0.4, -0.2) is 19.1 Å². The molecule has 0 saturated heterocycles. The maximum absolute atomic E-state index is 11.9. The van der Waals surface area contributed by atoms with Gasteiger partial charge in [-0.3, -0.25) is 4.79 Å². The van der Waals surface area contributed by atoms with Crippen LogP contribution in [0.4, 0.5) is 0 Å². The van der Waals surface area contributed by atoms with Gasteiger partial charge in [-0.1, -0.05) is 25.1 Å². The molecule has 0 radical (unpaired) electrons. The molecular weight excluding hydrogens is 216 g/mol. The summed E-state index contributed by atoms with van der Waals surface area (Å²) < 4.78 is 5.51. The van der Waals surface area contributed by atoms with Crippen molar-refractivity contribution < 1.29 is 9.53 Å². The van der Waals surface area contributed by atoms with Crippen LogP contribution in [0.5, 0.6) is 5.75 Å². The quantitative estimate of drug-likeness (QED) is 0.823. The number of para-hydroxylation sites is 1. The maximum atomic E-state index is 11.9. The van der Waals surface area contributed by atoms with Crippen molar-refractivity contribution in [3.8, 4) is 5.75 Å². The first-order valence-electron chi connectivity index (χ1n) is 5.94. The minimum Gasteiger partial charge on any atom is -0.491 e. The number of carbonyl (C=O) groups excluding carboxylic acids is 1. The largest absolute Gasteiger partial charge is 0.491 e. The van der Waals surface area contributed by atoms with Gasteiger partial charge in [0, 0.05) is 11.5 Å². The van der Waals surface area contributed by atoms with Gasteiger partial charge in [-0.15, -0.1) is 0 Å². The standard InChI is InChI=1S/C13H18N2O2/c1-9(6-7-14)13(16)15-11-8-17-12-5-3-2-4-10(11)12/h2-5,9,11H,6-8,14H2,1H3,(H,15,16). The number of nitrogens with two attached hydrogens (primary N) is 1. The minimum absolute atomic E-state index is 0.0288. The molecule has 0 saturated carbocycles. The van der Waals surface area contributed by atoms with E-state index in [1.165, 1.54) is 0 Å². The van der Waals surface area contributed by atoms with Crippen LogP contribution in [0.1, 0.15) is 24.9 Å². The van der Waals surface area contributed by atoms with Crippen molar-refractivity contribution in [3.63, 3.8) is 0 Å². The zero-order valence-electron chi connectivity index (χ0n) is 9.98. The third-order valence-electron chi connectivity index (χ3n) is 3.06. The average molecular weight is 234 g/mol. The first-order valence-corrected chi connectivity index (χ1v) is 5.94. The fraction of sp³-hybridized carbons (Fsp3) is 0.462. The Morgan fingerprint density at radius 3 is 3.12 bits per heavy atom. The fourth-order valence-corrected chi connectivity index (χ4v) is 1.98. The van der Waals surface area contributed by atoms with E-state index in [1.807, 2.05) is 31.2 Å². The zero-order valence-corrected chi connectivity index (χ0v) is 9.98. The van der Waals surface area contributed by atoms with Crippen molar-refractivity contribution >= 4 is 5.91 Å². The van der Waals surface area contributed by atoms with Crippen LogP contribution in [0.25, 0.3) is 0 Å². The second-order valence-electron chi connectivity index (χ2n) is 4.39. The van der Waals surface area contributed by atoms with Gasteiger partial charge in [0.25, 0.3) is 0 Å². The lowest BCUT2D eigenvalue weighted by atomic mass is 10.0. The van der Waals surface area contributed by atoms with E-state index in [9.17, 15) is 4.79 Å². The molecule has 1 heterocycles. The highest BCUT2D eigenvalue weighted by atomic mass is 16.5. The Kier molecular flexibility index (Phi) is 3.64. The summed E-state index contributed by atoms with van der Waals surface area (Å²) in [6.07, 6.45) is 0.709. The normalized spacial score (nSPS) is 19.3. The summed E-state index contributed by atoms with van der Waals surface area (Å²) >= 11 is 0. The van der Waals surface area contributed by atoms with Crippen LogP contribution < -0.4 is 15.8 Å². The lowest BCUT2D eigenvalue weighted by Crippen LogP contribution is -2.34. The van der Waals surface area contributed by atoms with E-state index >= 15 is 0 Å². The first-order chi connectivity index (χ1) is 8.22. The predicted molar refractivity (Wildman–Crippen MR) is 65.7 cm³/mol. The van der Waals surface area contributed by atoms with Crippen LogP contribution >= 0.6 is 0 Å². The zero-order chi connectivity index (χ0) is 12.3. The Bertz CT molecular complexity index is 406. The Labute approximate surface area is 101 Å². The molecule has 1 aliphatic heterocycles. The lowest BCUT2D eigenvalue weighted by Gasteiger charge is -2.15. The molecule has 1 amide bonds. The Morgan fingerprint density at radius 2 is 2.35 bits per heavy atom. The first kappa shape index (κ1) is 11.9. The second-order valence-corrected chi connectivity index (χ2v) is 4.39. The SMILES string of the molecule is CC(CCN)C(=O)NC1COc2ccccc21. The Balaban J connectivity index is 2.00. The van der Waals surface area contributed by atoms with Crippen LogP contribution in [0.15, 0.2) is 24.3 Å². The number of hydrogen-bond acceptors (Lipinski definition) is 3. The number of amides is 1. The minimum atomic E-state index is -0.0484. The topological polar surface area (TPSA) is 64.4 Å². The van der Waals surface area contributed by atoms with Crippen LogP contribution in [0.3, 0.4) is 0 Å². The summed E-state index contributed by atoms with van der Waals surface area (Å²) in [5.41, 5.74) is 6.50. The van der Waals surface area contributed by atoms with E-state index in [1.54, 1.807) is 0 Å². The summed E-state index contributed by atoms with van der Waals surface area (Å²) in [4.78, 5) is 11.9. The molecule has 3 N–H and O–H groups in total. The molecule has 2 atom stereocenters. The summed E-state index contributed by atoms with van der Waals surface area (Å²) in [6.45, 7) is 2.94. The molecule has 4 nitrogen and oxygen atoms in total. The number of ether oxygens (including phenoxy) is 1. The number of fused-ring (bicyclic) bond motifs is 1. The Hall–Kier alpha value is -1.55. The molecule has 2 rings (SSSR count). The van der Waals surface area contributed by atoms with Gasteiger partial charge in [-0.2, -0.15) is 0 Å². The van der Waals surface area contributed by atoms with Crippen molar-refractivity contribution in [3.05, 3.63) is 29.8 Å². The van der Waals surface area contributed by atoms with Gasteiger partial charge < -0.3 is 15.8 Å². The monoisotopic (exact) mass is 234 g/mol. The van der Waals surface area contributed by atoms with Crippen molar-refractivity contribution in [1.82, 2.24) is 5.32 Å². The summed E-state index contributed by atoms with van der Waals surface area (Å²) in [5, 5.41) is 3.00. The number of carbonyl (C=O) groups is 1. The van der Waals surface area contributed by atoms with Crippen molar-refractivity contribution in [1.29, 1.82) is 0 Å². The van der Waals surface area contributed by atoms with E-state index in [2.05, 4.69) is 5.32 Å². The predicted octanol–water partition coefficient (Wildman–Crippen LogP) is 1.22. The van der Waals surface area contributed by atoms with Crippen molar-refractivity contribution in [2.24, 2.45) is 11.7 Å². The highest BCUT2D eigenvalue weighted by Crippen LogP contribution is 2.31. The molecule has 0 fully saturated rings. The summed E-state index contributed by atoms with van der Waals surface area (Å²) in [5.74, 6) is 0.859. The van der Waals surface area contributed by atoms with Gasteiger partial charge in [-0.05, 0) is 19.0 Å². The summed E-state index contributed by atoms with van der Waals surface area (Å²) in [7, 11) is 0. The van der Waals surface area contributed by atoms with E-state index < -0.39 is 0 Å². The number of benzene rings is 1. The van der Waals surface area contributed by atoms with Gasteiger partial charge >= 0.3 is 0 Å². The van der Waals surface area contributed by atoms with Gasteiger partial charge in [-0.25, -0.2) is 0 Å². The molecule has 0 bridgehead atoms. The van der Waals surface area contributed by atoms with E-state index in [-0.39, 0.29) is 17.9 Å². The molecule has 92 valence electrons. The second kappa shape index (κ2) is 5.19. The van der Waals surface area contributed by atoms with Gasteiger partial charge in [0.15, 0.2) is 0 Å². The molecule has 0 aliphatic carbocycles. The number of nitrogens with one attached hydrogen (secondary N) is 1. The van der Waals surface area contributed by atoms with Gasteiger partial charge in [0.05, 0.1) is 6.04 Å². The third kappa shape index (κ3) is 2.58. The smallest absolute Gasteiger partial charge is 0.223 e. The van der Waals surface area contributed by atoms with Crippen molar-refractivity contribution in [2.45, 2.75) is 19.4 Å². The summed E-state index contributed by atoms with van der Waals surface area (Å²) in [6, 6.07) is 7.76. The lowest BCUT2D eigenvalue weighted by molar-refractivity contribution is -0.125. The molecule has 2 unspecified atom stereocenters. The van der Waals surface area contributed by atoms with Gasteiger partial charge in [0.1, 0.15) is 12.4 Å². The highest BCUT2D eigenvalue weighted by Gasteiger charge is 2.26. The number of hydrogen-bond donors (Lipinski definition) is 2. The molecule has 17 heavy (non-hydrogen) atoms. The van der Waals surface area contributed by atoms with E-state index in [0.717, 1.165) is 11.3 Å². The Morgan fingerprint density at radius 1 is 1.59 bits per heavy atom. The van der Waals surface area contributed by atoms with Gasteiger partial charge in [0.2, 0.25) is 5.91 Å². The van der Waals surface area contributed by atoms with Crippen LogP contribution in [-0.2, 0) is 4.79 Å². The van der Waals surface area contributed by atoms with Crippen LogP contribution in [0.2, 0.25) is 0 Å². The fourth-order valence-electron chi connectivity index (χ4n) is 1.98. The number of rotatable bonds is 4. The molecule has 1 aromatic rings. The molecule has 1 aliphatic rings. The maximum Gasteiger partial charge on any atom is 0.223 e. The van der Waals surface area contributed by atoms with E-state index in [0.29, 0.717) is 19.6 Å².